The molecule has 125 heavy (non-hydrogen) atoms. The zero-order valence-corrected chi connectivity index (χ0v) is 73.1. The minimum atomic E-state index is -4.67. The van der Waals surface area contributed by atoms with Gasteiger partial charge >= 0.3 is 72.5 Å². The number of piperidine rings is 4. The SMILES string of the molecule is CC(C)(C)OC(=O)N1CCC(C(=O)Nc2cc(CC(=O)Oc3ccccc3)cc(C(F)(F)F)c2)CC1.CC(C)(C)OC(=O)N1CCC(C(=O)Nc2cc(N)cc(C(F)(F)F)c2)CC1.CC(C)(C)OC(=O)N1CCC(C(=O)O)CC1.CC(C)(C)OC(=O)OC(=O)OC(C)(C)C.Nc1cc(N)cc(C(F)(F)F)c1.O=C(Cl)Oc1ccccc1.O=C(O)C1CCNCC1.[2H][2H].[2H][2H].[2H][2H].[2H][2H].[2H][2H].[2H][2H].[2H][2H].[2H][2H].[2H][2H].[2H][2H].[2H][2H].[2H][2H].[2H][2H].[2H][2H].[2H][2H]. The van der Waals surface area contributed by atoms with Crippen molar-refractivity contribution >= 4 is 106 Å². The number of benzene rings is 5. The summed E-state index contributed by atoms with van der Waals surface area (Å²) in [7, 11) is 0. The monoisotopic (exact) mass is 1860 g/mol. The molecule has 5 aromatic carbocycles. The van der Waals surface area contributed by atoms with E-state index >= 15 is 0 Å². The van der Waals surface area contributed by atoms with Crippen LogP contribution < -0.4 is 42.6 Å². The van der Waals surface area contributed by atoms with Crippen LogP contribution in [0.5, 0.6) is 11.5 Å². The van der Waals surface area contributed by atoms with E-state index in [1.807, 2.05) is 26.8 Å². The van der Waals surface area contributed by atoms with Gasteiger partial charge in [0.05, 0.1) is 34.9 Å². The molecule has 724 valence electrons. The highest BCUT2D eigenvalue weighted by molar-refractivity contribution is 6.61. The van der Waals surface area contributed by atoms with Gasteiger partial charge in [0.15, 0.2) is 0 Å². The number of halogens is 10. The highest BCUT2D eigenvalue weighted by Gasteiger charge is 2.38. The lowest BCUT2D eigenvalue weighted by molar-refractivity contribution is -0.143. The predicted molar refractivity (Wildman–Crippen MR) is 477 cm³/mol. The summed E-state index contributed by atoms with van der Waals surface area (Å²) in [4.78, 5) is 131. The number of nitrogen functional groups attached to an aromatic ring is 3. The van der Waals surface area contributed by atoms with Crippen LogP contribution in [0.4, 0.5) is 96.7 Å². The lowest BCUT2D eigenvalue weighted by Gasteiger charge is -2.33. The average Bonchev–Trinajstić information content (AvgIpc) is 0.835. The number of nitrogens with zero attached hydrogens (tertiary/aromatic N) is 3. The number of hydrogen-bond acceptors (Lipinski definition) is 23. The number of alkyl halides is 9. The summed E-state index contributed by atoms with van der Waals surface area (Å²) >= 11 is 4.95. The maximum Gasteiger partial charge on any atom is 0.519 e. The molecule has 0 aromatic heterocycles. The molecule has 30 nitrogen and oxygen atoms in total. The van der Waals surface area contributed by atoms with Crippen LogP contribution in [0.1, 0.15) is 222 Å². The molecule has 4 fully saturated rings. The predicted octanol–water partition coefficient (Wildman–Crippen LogP) is 22.0. The minimum Gasteiger partial charge on any atom is -0.481 e. The first-order valence-electron chi connectivity index (χ1n) is 54.4. The molecule has 11 N–H and O–H groups in total. The molecule has 0 aliphatic carbocycles. The Bertz CT molecular complexity index is 4430. The number of carbonyl (C=O) groups excluding carboxylic acids is 9. The molecule has 4 aliphatic heterocycles. The number of aliphatic carboxylic acids is 2. The molecule has 0 radical (unpaired) electrons. The fourth-order valence-electron chi connectivity index (χ4n) is 11.3. The van der Waals surface area contributed by atoms with Crippen molar-refractivity contribution in [3.63, 3.8) is 0 Å². The molecule has 0 bridgehead atoms. The lowest BCUT2D eigenvalue weighted by atomic mass is 9.96. The summed E-state index contributed by atoms with van der Waals surface area (Å²) in [6.07, 6.45) is -13.3. The molecule has 40 heteroatoms. The summed E-state index contributed by atoms with van der Waals surface area (Å²) in [6.45, 7) is 30.0. The van der Waals surface area contributed by atoms with Gasteiger partial charge in [-0.2, -0.15) is 39.5 Å². The second-order valence-corrected chi connectivity index (χ2v) is 34.0. The Kier molecular flexibility index (Phi) is 32.5. The van der Waals surface area contributed by atoms with E-state index in [2.05, 4.69) is 25.4 Å². The van der Waals surface area contributed by atoms with E-state index in [-0.39, 0.29) is 57.7 Å². The second-order valence-electron chi connectivity index (χ2n) is 33.7. The first kappa shape index (κ1) is 84.3. The Morgan fingerprint density at radius 1 is 0.416 bits per heavy atom. The molecule has 4 saturated heterocycles. The van der Waals surface area contributed by atoms with Crippen LogP contribution >= 0.6 is 11.6 Å². The third-order valence-corrected chi connectivity index (χ3v) is 16.9. The Morgan fingerprint density at radius 3 is 1.02 bits per heavy atom. The highest BCUT2D eigenvalue weighted by Crippen LogP contribution is 2.36. The number of rotatable bonds is 10. The fraction of sp³-hybridized carbons (Fsp3) is 0.518. The normalized spacial score (nSPS) is 15.9. The van der Waals surface area contributed by atoms with Crippen LogP contribution in [0, 0.1) is 23.7 Å². The number of esters is 1. The van der Waals surface area contributed by atoms with Gasteiger partial charge in [-0.1, -0.05) is 36.4 Å². The first-order chi connectivity index (χ1) is 72.4. The zero-order chi connectivity index (χ0) is 125. The number of amides is 5. The third-order valence-electron chi connectivity index (χ3n) is 16.9. The van der Waals surface area contributed by atoms with Crippen LogP contribution in [0.3, 0.4) is 0 Å². The van der Waals surface area contributed by atoms with Crippen molar-refractivity contribution in [1.29, 1.82) is 0 Å². The smallest absolute Gasteiger partial charge is 0.481 e. The van der Waals surface area contributed by atoms with Crippen LogP contribution in [0.2, 0.25) is 0 Å². The molecule has 5 amide bonds. The van der Waals surface area contributed by atoms with Gasteiger partial charge in [0, 0.05) is 136 Å². The number of hydrogen-bond donors (Lipinski definition) is 8. The van der Waals surface area contributed by atoms with Crippen molar-refractivity contribution < 1.29 is 185 Å². The van der Waals surface area contributed by atoms with Gasteiger partial charge in [0.2, 0.25) is 11.8 Å². The molecule has 0 spiro atoms. The van der Waals surface area contributed by atoms with Gasteiger partial charge < -0.3 is 96.0 Å². The number of anilines is 5. The van der Waals surface area contributed by atoms with Gasteiger partial charge in [0.25, 0.3) is 0 Å². The van der Waals surface area contributed by atoms with E-state index in [4.69, 9.17) is 112 Å². The summed E-state index contributed by atoms with van der Waals surface area (Å²) < 4.78 is 304. The first-order valence-corrected chi connectivity index (χ1v) is 39.8. The number of ether oxygens (including phenoxy) is 8. The summed E-state index contributed by atoms with van der Waals surface area (Å²) in [5, 5.41) is 25.5. The zero-order valence-electron chi connectivity index (χ0n) is 102. The van der Waals surface area contributed by atoms with Crippen LogP contribution in [0.15, 0.2) is 115 Å². The van der Waals surface area contributed by atoms with Crippen LogP contribution in [-0.4, -0.2) is 171 Å². The van der Waals surface area contributed by atoms with Crippen molar-refractivity contribution in [3.8, 4) is 11.5 Å². The molecule has 0 saturated carbocycles. The standard InChI is InChI=1S/C26H29F3N2O5.C18H24F3N3O3.C11H19NO4.C10H18O5.C7H5ClO2.C7H7F3N2.C6H11NO2.15H2/c1-25(2,3)36-24(34)31-11-9-18(10-12-31)23(33)30-20-14-17(13-19(16-20)26(27,28)29)15-22(32)35-21-7-5-4-6-8-21;1-17(2,3)27-16(26)24-6-4-11(5-7-24)15(25)23-14-9-12(18(19,20)21)8-13(22)10-14;1-11(2,3)16-10(15)12-6-4-8(5-7-12)9(13)14;1-9(2,3)14-7(11)13-8(12)15-10(4,5)6;8-7(9)10-6-4-2-1-3-5-6;8-7(9,10)4-1-5(11)3-6(12)2-4;8-6(9)5-1-3-7-4-2-5;;;;;;;;;;;;;;;/h4-8,13-14,16,18H,9-12,15H2,1-3H3,(H,30,33);8-11H,4-7,22H2,1-3H3,(H,23,25);8H,4-7H2,1-3H3,(H,13,14);1-6H3;1-5H;1-3H,11-12H2;5,7H,1-4H2,(H,8,9);15*1H/i;;;;;;;15*1+1D. The largest absolute Gasteiger partial charge is 0.519 e. The minimum absolute atomic E-state index is 0.00176. The number of nitrogens with two attached hydrogens (primary N) is 3. The third kappa shape index (κ3) is 45.6. The maximum absolute atomic E-state index is 13.5. The number of carboxylic acids is 2. The quantitative estimate of drug-likeness (QED) is 0.0122. The van der Waals surface area contributed by atoms with Crippen molar-refractivity contribution in [2.45, 2.75) is 208 Å². The Balaban J connectivity index is -0.000000138. The molecular formula is C85H143ClF9N9O21. The van der Waals surface area contributed by atoms with E-state index in [0.717, 1.165) is 62.3 Å². The topological polar surface area (TPSA) is 426 Å². The summed E-state index contributed by atoms with van der Waals surface area (Å²) in [5.74, 6) is -3.54. The Hall–Kier alpha value is -11.5. The van der Waals surface area contributed by atoms with Gasteiger partial charge in [0.1, 0.15) is 39.5 Å². The number of nitrogens with one attached hydrogen (secondary N) is 3. The van der Waals surface area contributed by atoms with E-state index in [1.165, 1.54) is 28.0 Å². The molecule has 4 aliphatic rings. The molecular weight excluding hydrogens is 1690 g/mol. The van der Waals surface area contributed by atoms with E-state index in [0.29, 0.717) is 83.5 Å². The molecule has 9 rings (SSSR count). The van der Waals surface area contributed by atoms with Crippen LogP contribution in [-0.2, 0) is 77.3 Å². The number of carbonyl (C=O) groups is 11. The Labute approximate surface area is 770 Å². The van der Waals surface area contributed by atoms with Crippen molar-refractivity contribution in [3.05, 3.63) is 138 Å². The maximum atomic E-state index is 13.5. The van der Waals surface area contributed by atoms with E-state index in [1.54, 1.807) is 143 Å². The highest BCUT2D eigenvalue weighted by atomic mass is 35.5. The van der Waals surface area contributed by atoms with Crippen molar-refractivity contribution in [1.82, 2.24) is 20.0 Å². The average molecular weight is 1860 g/mol. The van der Waals surface area contributed by atoms with Crippen molar-refractivity contribution in [2.75, 3.05) is 80.2 Å². The van der Waals surface area contributed by atoms with Gasteiger partial charge in [-0.05, 0) is 253 Å². The number of likely N-dealkylation sites (tertiary alicyclic amines) is 3. The van der Waals surface area contributed by atoms with Gasteiger partial charge in [-0.25, -0.2) is 28.8 Å². The Morgan fingerprint density at radius 2 is 0.712 bits per heavy atom. The van der Waals surface area contributed by atoms with Crippen molar-refractivity contribution in [2.24, 2.45) is 23.7 Å². The van der Waals surface area contributed by atoms with Crippen LogP contribution in [0.25, 0.3) is 0 Å². The summed E-state index contributed by atoms with van der Waals surface area (Å²) in [5.41, 5.74) is 9.13. The second kappa shape index (κ2) is 48.1. The van der Waals surface area contributed by atoms with E-state index in [9.17, 15) is 92.3 Å². The fourth-order valence-corrected chi connectivity index (χ4v) is 11.4. The van der Waals surface area contributed by atoms with E-state index < -0.39 is 141 Å². The number of carboxylic acid groups (broad SMARTS) is 2. The number of para-hydroxylation sites is 2. The van der Waals surface area contributed by atoms with Gasteiger partial charge in [-0.3, -0.25) is 24.0 Å². The molecule has 0 atom stereocenters. The lowest BCUT2D eigenvalue weighted by Crippen LogP contribution is -2.43. The molecule has 0 unspecified atom stereocenters. The molecule has 4 heterocycles. The van der Waals surface area contributed by atoms with Gasteiger partial charge in [-0.15, -0.1) is 0 Å². The summed E-state index contributed by atoms with van der Waals surface area (Å²) in [6, 6.07) is 25.8. The molecule has 5 aromatic rings.